The van der Waals surface area contributed by atoms with Crippen LogP contribution in [0.15, 0.2) is 364 Å². The second-order valence-electron chi connectivity index (χ2n) is 27.9. The highest BCUT2D eigenvalue weighted by Gasteiger charge is 2.24. The number of fused-ring (bicyclic) bond motifs is 6. The van der Waals surface area contributed by atoms with Crippen molar-refractivity contribution in [2.45, 2.75) is 0 Å². The summed E-state index contributed by atoms with van der Waals surface area (Å²) in [5.74, 6) is -5.70. The van der Waals surface area contributed by atoms with Crippen molar-refractivity contribution < 1.29 is 51.6 Å². The van der Waals surface area contributed by atoms with Gasteiger partial charge in [-0.3, -0.25) is 38.9 Å². The molecule has 0 radical (unpaired) electrons. The predicted octanol–water partition coefficient (Wildman–Crippen LogP) is 21.6. The number of benzene rings is 18. The number of methoxy groups -OCH3 is 1. The molecule has 0 aliphatic carbocycles. The summed E-state index contributed by atoms with van der Waals surface area (Å²) < 4.78 is 47.1. The van der Waals surface area contributed by atoms with Gasteiger partial charge in [-0.2, -0.15) is 0 Å². The zero-order valence-electron chi connectivity index (χ0n) is 65.9. The largest absolute Gasteiger partial charge is 0.494 e. The van der Waals surface area contributed by atoms with Crippen LogP contribution in [0.3, 0.4) is 0 Å². The predicted molar refractivity (Wildman–Crippen MR) is 485 cm³/mol. The van der Waals surface area contributed by atoms with Gasteiger partial charge in [0.05, 0.1) is 39.7 Å². The molecule has 6 amide bonds. The Morgan fingerprint density at radius 3 is 0.854 bits per heavy atom. The number of carbonyl (C=O) groups excluding carboxylic acids is 6. The molecule has 0 bridgehead atoms. The molecular weight excluding hydrogens is 1550 g/mol. The molecule has 0 aliphatic rings. The van der Waals surface area contributed by atoms with Crippen LogP contribution in [-0.2, 0) is 0 Å². The zero-order valence-corrected chi connectivity index (χ0v) is 65.9. The van der Waals surface area contributed by atoms with Gasteiger partial charge in [-0.1, -0.05) is 303 Å². The first kappa shape index (κ1) is 84.1. The van der Waals surface area contributed by atoms with Crippen LogP contribution in [0.25, 0.3) is 131 Å². The van der Waals surface area contributed by atoms with E-state index < -0.39 is 57.8 Å². The third-order valence-electron chi connectivity index (χ3n) is 20.6. The minimum absolute atomic E-state index is 0.00205. The van der Waals surface area contributed by atoms with Crippen molar-refractivity contribution in [1.82, 2.24) is 0 Å². The molecule has 123 heavy (non-hydrogen) atoms. The number of halogens is 3. The highest BCUT2D eigenvalue weighted by molar-refractivity contribution is 6.12. The van der Waals surface area contributed by atoms with Crippen molar-refractivity contribution in [3.8, 4) is 72.5 Å². The summed E-state index contributed by atoms with van der Waals surface area (Å²) >= 11 is 0. The van der Waals surface area contributed by atoms with Crippen molar-refractivity contribution in [2.24, 2.45) is 34.4 Å². The molecule has 0 heterocycles. The molecule has 18 aromatic rings. The minimum Gasteiger partial charge on any atom is -0.494 e. The van der Waals surface area contributed by atoms with Crippen molar-refractivity contribution >= 4 is 111 Å². The molecule has 18 aromatic carbocycles. The molecule has 17 nitrogen and oxygen atoms in total. The van der Waals surface area contributed by atoms with Crippen molar-refractivity contribution in [1.29, 1.82) is 0 Å². The number of hydrogen-bond donors (Lipinski definition) is 7. The maximum atomic E-state index is 14.4. The van der Waals surface area contributed by atoms with E-state index in [0.717, 1.165) is 98.4 Å². The van der Waals surface area contributed by atoms with Gasteiger partial charge in [-0.15, -0.1) is 0 Å². The first-order valence-electron chi connectivity index (χ1n) is 38.4. The van der Waals surface area contributed by atoms with E-state index in [0.29, 0.717) is 55.4 Å². The fourth-order valence-corrected chi connectivity index (χ4v) is 15.1. The lowest BCUT2D eigenvalue weighted by Crippen LogP contribution is -2.15. The van der Waals surface area contributed by atoms with Crippen LogP contribution in [0, 0.1) is 27.6 Å². The molecule has 0 aromatic heterocycles. The van der Waals surface area contributed by atoms with Gasteiger partial charge in [0.15, 0.2) is 11.6 Å². The van der Waals surface area contributed by atoms with Gasteiger partial charge in [-0.25, -0.2) is 13.2 Å². The van der Waals surface area contributed by atoms with E-state index in [1.807, 2.05) is 231 Å². The number of carbonyl (C=O) groups is 6. The number of non-ortho nitro benzene ring substituents is 1. The fraction of sp³-hybridized carbons (Fsp3) is 0.00971. The number of anilines is 1. The number of nitrogens with two attached hydrogens (primary N) is 7. The summed E-state index contributed by atoms with van der Waals surface area (Å²) in [4.78, 5) is 80.4. The third kappa shape index (κ3) is 18.3. The van der Waals surface area contributed by atoms with E-state index in [1.165, 1.54) is 31.4 Å². The van der Waals surface area contributed by atoms with E-state index in [1.54, 1.807) is 91.0 Å². The normalized spacial score (nSPS) is 10.6. The first-order chi connectivity index (χ1) is 59.5. The average Bonchev–Trinajstić information content (AvgIpc) is 0.849. The lowest BCUT2D eigenvalue weighted by atomic mass is 9.93. The third-order valence-corrected chi connectivity index (χ3v) is 20.6. The van der Waals surface area contributed by atoms with Gasteiger partial charge in [0.25, 0.3) is 29.3 Å². The van der Waals surface area contributed by atoms with Crippen LogP contribution in [0.1, 0.15) is 62.1 Å². The average molecular weight is 1630 g/mol. The van der Waals surface area contributed by atoms with Gasteiger partial charge in [0.2, 0.25) is 11.8 Å². The van der Waals surface area contributed by atoms with E-state index in [9.17, 15) is 52.1 Å². The standard InChI is InChI=1S/C18H14FNO2.2C17H12FNO.C17H12N2O3.C17H14N2O.C17H13NO/c1-22-15-10-9-14(16(17(15)19)18(20)21)13-8-4-6-11-5-2-3-7-12(11)13;2*18-15-10-4-9-14(16(15)17(19)20)13-8-3-6-11-5-1-2-7-12(11)13;18-17(20)15-8-4-2-6-12(15)13-9-10-16(19(21)22)14-7-3-1-5-11(13)14;18-15-10-4-9-14(16(15)17(19)20)13-8-3-6-11-5-1-2-7-12(11)13;18-17(19)16-10-4-3-9-15(16)14-11-5-7-12-6-1-2-8-13(12)14/h2-10H,1H3,(H2,20,21);2*1-10H,(H2,19,20);1-10H,(H2,18,20);1-10H,18H2,(H2,19,20);1-11H,(H2,18,19). The Morgan fingerprint density at radius 1 is 0.260 bits per heavy atom. The van der Waals surface area contributed by atoms with E-state index in [4.69, 9.17) is 44.9 Å². The Hall–Kier alpha value is -16.9. The molecule has 18 rings (SSSR count). The molecule has 0 unspecified atom stereocenters. The van der Waals surface area contributed by atoms with Crippen LogP contribution >= 0.6 is 0 Å². The number of rotatable bonds is 14. The highest BCUT2D eigenvalue weighted by Crippen LogP contribution is 2.41. The molecule has 20 heteroatoms. The number of amides is 6. The van der Waals surface area contributed by atoms with Gasteiger partial charge >= 0.3 is 0 Å². The van der Waals surface area contributed by atoms with Crippen molar-refractivity contribution in [3.63, 3.8) is 0 Å². The maximum absolute atomic E-state index is 14.4. The maximum Gasteiger partial charge on any atom is 0.277 e. The highest BCUT2D eigenvalue weighted by atomic mass is 19.1. The summed E-state index contributed by atoms with van der Waals surface area (Å²) in [6.45, 7) is 0. The molecule has 14 N–H and O–H groups in total. The summed E-state index contributed by atoms with van der Waals surface area (Å²) in [5.41, 5.74) is 48.7. The molecule has 0 saturated carbocycles. The molecule has 0 fully saturated rings. The second kappa shape index (κ2) is 38.0. The Labute approximate surface area is 703 Å². The number of nitro benzene ring substituents is 1. The van der Waals surface area contributed by atoms with Crippen LogP contribution in [0.2, 0.25) is 0 Å². The van der Waals surface area contributed by atoms with Crippen molar-refractivity contribution in [2.75, 3.05) is 12.8 Å². The van der Waals surface area contributed by atoms with Gasteiger partial charge in [0.1, 0.15) is 11.6 Å². The number of ether oxygens (including phenoxy) is 1. The molecule has 0 atom stereocenters. The van der Waals surface area contributed by atoms with Crippen LogP contribution in [0.5, 0.6) is 5.75 Å². The van der Waals surface area contributed by atoms with E-state index >= 15 is 0 Å². The lowest BCUT2D eigenvalue weighted by molar-refractivity contribution is -0.383. The SMILES string of the molecule is COc1ccc(-c2cccc3ccccc23)c(C(N)=O)c1F.NC(=O)c1c(F)cccc1-c1cccc2ccccc12.NC(=O)c1c(F)cccc1-c1cccc2ccccc12.NC(=O)c1c(N)cccc1-c1cccc2ccccc12.NC(=O)c1ccccc1-c1ccc([N+](=O)[O-])c2ccccc12.NC(=O)c1ccccc1-c1cccc2ccccc12. The summed E-state index contributed by atoms with van der Waals surface area (Å²) in [6.07, 6.45) is 0. The van der Waals surface area contributed by atoms with Crippen molar-refractivity contribution in [3.05, 3.63) is 425 Å². The Balaban J connectivity index is 0.000000127. The Kier molecular flexibility index (Phi) is 26.0. The fourth-order valence-electron chi connectivity index (χ4n) is 15.1. The van der Waals surface area contributed by atoms with Crippen LogP contribution in [0.4, 0.5) is 24.5 Å². The molecule has 0 spiro atoms. The lowest BCUT2D eigenvalue weighted by Gasteiger charge is -2.13. The minimum atomic E-state index is -0.820. The Bertz CT molecular complexity index is 6810. The van der Waals surface area contributed by atoms with E-state index in [2.05, 4.69) is 18.2 Å². The number of nitrogen functional groups attached to an aromatic ring is 1. The first-order valence-corrected chi connectivity index (χ1v) is 38.4. The van der Waals surface area contributed by atoms with Crippen LogP contribution < -0.4 is 44.9 Å². The quantitative estimate of drug-likeness (QED) is 0.0306. The molecule has 604 valence electrons. The van der Waals surface area contributed by atoms with Crippen LogP contribution in [-0.4, -0.2) is 47.5 Å². The zero-order chi connectivity index (χ0) is 87.0. The summed E-state index contributed by atoms with van der Waals surface area (Å²) in [6, 6.07) is 111. The molecular formula is C103H77F3N8O9. The summed E-state index contributed by atoms with van der Waals surface area (Å²) in [7, 11) is 1.35. The number of hydrogen-bond acceptors (Lipinski definition) is 10. The number of primary amides is 6. The molecule has 0 saturated heterocycles. The smallest absolute Gasteiger partial charge is 0.277 e. The van der Waals surface area contributed by atoms with Gasteiger partial charge < -0.3 is 44.9 Å². The van der Waals surface area contributed by atoms with Gasteiger partial charge in [-0.05, 0) is 181 Å². The topological polar surface area (TPSA) is 337 Å². The van der Waals surface area contributed by atoms with E-state index in [-0.39, 0.29) is 28.1 Å². The molecule has 0 aliphatic heterocycles. The van der Waals surface area contributed by atoms with Gasteiger partial charge in [0, 0.05) is 22.9 Å². The number of nitro groups is 1. The Morgan fingerprint density at radius 2 is 0.512 bits per heavy atom. The number of nitrogens with zero attached hydrogens (tertiary/aromatic N) is 1. The summed E-state index contributed by atoms with van der Waals surface area (Å²) in [5, 5.41) is 22.8. The monoisotopic (exact) mass is 1630 g/mol. The second-order valence-corrected chi connectivity index (χ2v) is 27.9.